The summed E-state index contributed by atoms with van der Waals surface area (Å²) in [5.74, 6) is -3.85. The molecule has 0 saturated heterocycles. The molecule has 0 fully saturated rings. The molecule has 0 radical (unpaired) electrons. The van der Waals surface area contributed by atoms with Crippen LogP contribution in [0.2, 0.25) is 0 Å². The van der Waals surface area contributed by atoms with E-state index in [4.69, 9.17) is 16.2 Å². The summed E-state index contributed by atoms with van der Waals surface area (Å²) in [6.45, 7) is 3.64. The van der Waals surface area contributed by atoms with Crippen molar-refractivity contribution in [2.75, 3.05) is 6.54 Å². The molecule has 2 aromatic rings. The van der Waals surface area contributed by atoms with Gasteiger partial charge in [0, 0.05) is 12.1 Å². The van der Waals surface area contributed by atoms with Gasteiger partial charge >= 0.3 is 0 Å². The van der Waals surface area contributed by atoms with Crippen LogP contribution in [0.25, 0.3) is 6.08 Å². The van der Waals surface area contributed by atoms with Crippen molar-refractivity contribution < 1.29 is 26.7 Å². The number of guanidine groups is 1. The van der Waals surface area contributed by atoms with Gasteiger partial charge in [0.2, 0.25) is 10.0 Å². The van der Waals surface area contributed by atoms with Crippen LogP contribution < -0.4 is 20.9 Å². The van der Waals surface area contributed by atoms with Gasteiger partial charge in [0.25, 0.3) is 5.91 Å². The molecule has 1 amide bonds. The lowest BCUT2D eigenvalue weighted by atomic mass is 10.1. The zero-order valence-electron chi connectivity index (χ0n) is 17.6. The van der Waals surface area contributed by atoms with Gasteiger partial charge in [-0.1, -0.05) is 13.3 Å². The highest BCUT2D eigenvalue weighted by molar-refractivity contribution is 7.89. The van der Waals surface area contributed by atoms with Gasteiger partial charge in [-0.15, -0.1) is 0 Å². The molecular weight excluding hydrogens is 442 g/mol. The van der Waals surface area contributed by atoms with Crippen LogP contribution in [0.4, 0.5) is 8.78 Å². The van der Waals surface area contributed by atoms with Crippen molar-refractivity contribution in [3.05, 3.63) is 59.2 Å². The number of hydrogen-bond acceptors (Lipinski definition) is 4. The molecule has 11 heteroatoms. The van der Waals surface area contributed by atoms with Gasteiger partial charge in [0.1, 0.15) is 5.75 Å². The van der Waals surface area contributed by atoms with Crippen molar-refractivity contribution in [1.29, 1.82) is 0 Å². The standard InChI is InChI=1S/C21H24F2N4O4S/c1-3-4-9-26-32(29,30)16-7-5-15(6-8-16)31-19-17(22)11-14(12-18(19)23)10-13(2)20(28)27-21(24)25/h5-8,10-12,26H,3-4,9H2,1-2H3,(H4,24,25,27,28)/b13-10+. The Hall–Kier alpha value is -3.31. The first kappa shape index (κ1) is 25.0. The summed E-state index contributed by atoms with van der Waals surface area (Å²) in [6, 6.07) is 7.07. The summed E-state index contributed by atoms with van der Waals surface area (Å²) in [6.07, 6.45) is 2.76. The molecule has 8 nitrogen and oxygen atoms in total. The van der Waals surface area contributed by atoms with Crippen LogP contribution in [0.5, 0.6) is 11.5 Å². The van der Waals surface area contributed by atoms with Gasteiger partial charge in [-0.25, -0.2) is 21.9 Å². The van der Waals surface area contributed by atoms with Crippen molar-refractivity contribution in [2.24, 2.45) is 16.5 Å². The second-order valence-electron chi connectivity index (χ2n) is 6.81. The van der Waals surface area contributed by atoms with Crippen molar-refractivity contribution >= 4 is 28.0 Å². The summed E-state index contributed by atoms with van der Waals surface area (Å²) in [5.41, 5.74) is 10.4. The maximum atomic E-state index is 14.4. The Morgan fingerprint density at radius 1 is 1.16 bits per heavy atom. The SMILES string of the molecule is CCCCNS(=O)(=O)c1ccc(Oc2c(F)cc(/C=C(\C)C(=O)N=C(N)N)cc2F)cc1. The molecule has 0 atom stereocenters. The van der Waals surface area contributed by atoms with E-state index in [9.17, 15) is 22.0 Å². The Morgan fingerprint density at radius 2 is 1.75 bits per heavy atom. The number of halogens is 2. The Morgan fingerprint density at radius 3 is 2.28 bits per heavy atom. The number of rotatable bonds is 9. The Bertz CT molecular complexity index is 1120. The highest BCUT2D eigenvalue weighted by Gasteiger charge is 2.16. The molecule has 0 heterocycles. The van der Waals surface area contributed by atoms with Crippen molar-refractivity contribution in [3.63, 3.8) is 0 Å². The average molecular weight is 467 g/mol. The van der Waals surface area contributed by atoms with E-state index in [-0.39, 0.29) is 21.8 Å². The predicted octanol–water partition coefficient (Wildman–Crippen LogP) is 3.04. The number of amides is 1. The number of nitrogens with two attached hydrogens (primary N) is 2. The fraction of sp³-hybridized carbons (Fsp3) is 0.238. The lowest BCUT2D eigenvalue weighted by Crippen LogP contribution is -2.24. The zero-order chi connectivity index (χ0) is 23.9. The number of carbonyl (C=O) groups excluding carboxylic acids is 1. The first-order chi connectivity index (χ1) is 15.0. The number of nitrogens with one attached hydrogen (secondary N) is 1. The third kappa shape index (κ3) is 6.86. The van der Waals surface area contributed by atoms with Crippen molar-refractivity contribution in [2.45, 2.75) is 31.6 Å². The molecule has 172 valence electrons. The van der Waals surface area contributed by atoms with Crippen LogP contribution in [-0.2, 0) is 14.8 Å². The molecule has 0 spiro atoms. The Kier molecular flexibility index (Phi) is 8.44. The van der Waals surface area contributed by atoms with E-state index in [0.717, 1.165) is 18.6 Å². The minimum absolute atomic E-state index is 0.00306. The maximum absolute atomic E-state index is 14.4. The minimum atomic E-state index is -3.68. The number of sulfonamides is 1. The molecule has 0 aliphatic rings. The smallest absolute Gasteiger partial charge is 0.275 e. The lowest BCUT2D eigenvalue weighted by Gasteiger charge is -2.10. The van der Waals surface area contributed by atoms with Gasteiger partial charge in [0.15, 0.2) is 23.3 Å². The van der Waals surface area contributed by atoms with Crippen LogP contribution in [0.15, 0.2) is 51.9 Å². The van der Waals surface area contributed by atoms with Crippen LogP contribution in [0.1, 0.15) is 32.3 Å². The summed E-state index contributed by atoms with van der Waals surface area (Å²) in [7, 11) is -3.68. The quantitative estimate of drug-likeness (QED) is 0.225. The number of ether oxygens (including phenoxy) is 1. The second kappa shape index (κ2) is 10.8. The van der Waals surface area contributed by atoms with E-state index in [1.54, 1.807) is 0 Å². The number of nitrogens with zero attached hydrogens (tertiary/aromatic N) is 1. The van der Waals surface area contributed by atoms with Crippen LogP contribution in [0.3, 0.4) is 0 Å². The third-order valence-corrected chi connectivity index (χ3v) is 5.63. The predicted molar refractivity (Wildman–Crippen MR) is 117 cm³/mol. The highest BCUT2D eigenvalue weighted by atomic mass is 32.2. The summed E-state index contributed by atoms with van der Waals surface area (Å²) in [4.78, 5) is 15.1. The van der Waals surface area contributed by atoms with Gasteiger partial charge in [-0.3, -0.25) is 4.79 Å². The number of aliphatic imine (C=N–C) groups is 1. The summed E-state index contributed by atoms with van der Waals surface area (Å²) < 4.78 is 61.0. The number of carbonyl (C=O) groups is 1. The first-order valence-electron chi connectivity index (χ1n) is 9.62. The number of unbranched alkanes of at least 4 members (excludes halogenated alkanes) is 1. The third-order valence-electron chi connectivity index (χ3n) is 4.15. The summed E-state index contributed by atoms with van der Waals surface area (Å²) >= 11 is 0. The van der Waals surface area contributed by atoms with Gasteiger partial charge in [0.05, 0.1) is 4.90 Å². The average Bonchev–Trinajstić information content (AvgIpc) is 2.70. The normalized spacial score (nSPS) is 11.8. The van der Waals surface area contributed by atoms with Crippen molar-refractivity contribution in [3.8, 4) is 11.5 Å². The van der Waals surface area contributed by atoms with E-state index >= 15 is 0 Å². The highest BCUT2D eigenvalue weighted by Crippen LogP contribution is 2.30. The van der Waals surface area contributed by atoms with E-state index in [2.05, 4.69) is 9.71 Å². The van der Waals surface area contributed by atoms with Gasteiger partial charge in [-0.2, -0.15) is 4.99 Å². The summed E-state index contributed by atoms with van der Waals surface area (Å²) in [5, 5.41) is 0. The maximum Gasteiger partial charge on any atom is 0.275 e. The van der Waals surface area contributed by atoms with E-state index < -0.39 is 39.3 Å². The fourth-order valence-electron chi connectivity index (χ4n) is 2.55. The zero-order valence-corrected chi connectivity index (χ0v) is 18.4. The molecule has 0 aliphatic carbocycles. The van der Waals surface area contributed by atoms with Crippen LogP contribution >= 0.6 is 0 Å². The second-order valence-corrected chi connectivity index (χ2v) is 8.57. The molecule has 0 bridgehead atoms. The fourth-order valence-corrected chi connectivity index (χ4v) is 3.62. The Labute approximate surface area is 185 Å². The molecule has 2 rings (SSSR count). The van der Waals surface area contributed by atoms with E-state index in [0.29, 0.717) is 13.0 Å². The number of hydrogen-bond donors (Lipinski definition) is 3. The van der Waals surface area contributed by atoms with Gasteiger partial charge in [-0.05, 0) is 61.4 Å². The monoisotopic (exact) mass is 466 g/mol. The largest absolute Gasteiger partial charge is 0.451 e. The van der Waals surface area contributed by atoms with E-state index in [1.165, 1.54) is 37.3 Å². The Balaban J connectivity index is 2.20. The molecule has 5 N–H and O–H groups in total. The molecular formula is C21H24F2N4O4S. The van der Waals surface area contributed by atoms with Crippen molar-refractivity contribution in [1.82, 2.24) is 4.72 Å². The topological polar surface area (TPSA) is 137 Å². The van der Waals surface area contributed by atoms with Crippen LogP contribution in [0, 0.1) is 11.6 Å². The number of benzene rings is 2. The molecule has 2 aromatic carbocycles. The minimum Gasteiger partial charge on any atom is -0.451 e. The molecule has 0 aliphatic heterocycles. The van der Waals surface area contributed by atoms with E-state index in [1.807, 2.05) is 6.92 Å². The van der Waals surface area contributed by atoms with Gasteiger partial charge < -0.3 is 16.2 Å². The molecule has 0 unspecified atom stereocenters. The lowest BCUT2D eigenvalue weighted by molar-refractivity contribution is -0.114. The molecule has 0 saturated carbocycles. The molecule has 32 heavy (non-hydrogen) atoms. The molecule has 0 aromatic heterocycles. The van der Waals surface area contributed by atoms with Crippen LogP contribution in [-0.4, -0.2) is 26.8 Å². The first-order valence-corrected chi connectivity index (χ1v) is 11.1.